The maximum atomic E-state index is 13.0. The lowest BCUT2D eigenvalue weighted by atomic mass is 10.1. The van der Waals surface area contributed by atoms with Gasteiger partial charge in [0, 0.05) is 50.5 Å². The largest absolute Gasteiger partial charge is 0.369 e. The summed E-state index contributed by atoms with van der Waals surface area (Å²) in [5.74, 6) is -1.43. The van der Waals surface area contributed by atoms with Gasteiger partial charge in [-0.05, 0) is 45.0 Å². The molecule has 1 aromatic carbocycles. The van der Waals surface area contributed by atoms with Crippen LogP contribution in [0.1, 0.15) is 20.8 Å². The van der Waals surface area contributed by atoms with Crippen LogP contribution in [0.3, 0.4) is 0 Å². The van der Waals surface area contributed by atoms with Gasteiger partial charge in [0.15, 0.2) is 0 Å². The smallest absolute Gasteiger partial charge is 0.309 e. The second-order valence-corrected chi connectivity index (χ2v) is 7.27. The number of anilines is 1. The zero-order valence-electron chi connectivity index (χ0n) is 15.1. The van der Waals surface area contributed by atoms with Crippen LogP contribution in [0, 0.1) is 5.82 Å². The Bertz CT molecular complexity index is 590. The molecule has 1 aliphatic rings. The lowest BCUT2D eigenvalue weighted by Gasteiger charge is -2.36. The van der Waals surface area contributed by atoms with Crippen molar-refractivity contribution in [1.29, 1.82) is 0 Å². The summed E-state index contributed by atoms with van der Waals surface area (Å²) in [6.07, 6.45) is 0. The third-order valence-electron chi connectivity index (χ3n) is 3.97. The normalized spacial score (nSPS) is 15.8. The lowest BCUT2D eigenvalue weighted by Crippen LogP contribution is -2.51. The minimum Gasteiger partial charge on any atom is -0.369 e. The van der Waals surface area contributed by atoms with Gasteiger partial charge in [0.2, 0.25) is 0 Å². The number of benzene rings is 1. The molecule has 0 aliphatic carbocycles. The number of hydrogen-bond donors (Lipinski definition) is 2. The molecule has 0 bridgehead atoms. The van der Waals surface area contributed by atoms with Crippen molar-refractivity contribution < 1.29 is 14.0 Å². The molecule has 1 heterocycles. The van der Waals surface area contributed by atoms with E-state index in [2.05, 4.69) is 20.4 Å². The predicted octanol–water partition coefficient (Wildman–Crippen LogP) is 0.979. The maximum absolute atomic E-state index is 13.0. The van der Waals surface area contributed by atoms with E-state index < -0.39 is 17.4 Å². The van der Waals surface area contributed by atoms with Gasteiger partial charge in [-0.25, -0.2) is 4.39 Å². The van der Waals surface area contributed by atoms with Crippen molar-refractivity contribution in [2.75, 3.05) is 44.2 Å². The third kappa shape index (κ3) is 6.34. The Morgan fingerprint density at radius 1 is 1.04 bits per heavy atom. The van der Waals surface area contributed by atoms with Crippen molar-refractivity contribution >= 4 is 17.5 Å². The van der Waals surface area contributed by atoms with Crippen molar-refractivity contribution in [1.82, 2.24) is 15.5 Å². The summed E-state index contributed by atoms with van der Waals surface area (Å²) in [5, 5.41) is 5.29. The highest BCUT2D eigenvalue weighted by Gasteiger charge is 2.21. The van der Waals surface area contributed by atoms with Crippen LogP contribution in [0.15, 0.2) is 24.3 Å². The van der Waals surface area contributed by atoms with Gasteiger partial charge in [0.25, 0.3) is 0 Å². The number of hydrogen-bond acceptors (Lipinski definition) is 4. The quantitative estimate of drug-likeness (QED) is 0.795. The number of piperazine rings is 1. The minimum atomic E-state index is -0.603. The van der Waals surface area contributed by atoms with E-state index in [1.807, 2.05) is 20.8 Å². The number of amides is 2. The number of carbonyl (C=O) groups is 2. The van der Waals surface area contributed by atoms with Crippen LogP contribution in [-0.4, -0.2) is 61.5 Å². The van der Waals surface area contributed by atoms with Crippen molar-refractivity contribution in [3.63, 3.8) is 0 Å². The standard InChI is InChI=1S/C18H27FN4O2/c1-18(2,3)21-17(25)16(24)20-8-9-22-10-12-23(13-11-22)15-6-4-14(19)5-7-15/h4-7H,8-13H2,1-3H3,(H,20,24)(H,21,25). The fourth-order valence-corrected chi connectivity index (χ4v) is 2.69. The first kappa shape index (κ1) is 19.2. The Balaban J connectivity index is 1.68. The first-order chi connectivity index (χ1) is 11.7. The van der Waals surface area contributed by atoms with E-state index in [9.17, 15) is 14.0 Å². The van der Waals surface area contributed by atoms with Crippen LogP contribution in [0.5, 0.6) is 0 Å². The predicted molar refractivity (Wildman–Crippen MR) is 96.0 cm³/mol. The van der Waals surface area contributed by atoms with Crippen LogP contribution < -0.4 is 15.5 Å². The van der Waals surface area contributed by atoms with Gasteiger partial charge >= 0.3 is 11.8 Å². The molecule has 2 amide bonds. The molecule has 0 unspecified atom stereocenters. The number of carbonyl (C=O) groups excluding carboxylic acids is 2. The number of rotatable bonds is 4. The molecular weight excluding hydrogens is 323 g/mol. The average molecular weight is 350 g/mol. The molecule has 0 atom stereocenters. The summed E-state index contributed by atoms with van der Waals surface area (Å²) in [4.78, 5) is 27.9. The summed E-state index contributed by atoms with van der Waals surface area (Å²) in [7, 11) is 0. The first-order valence-corrected chi connectivity index (χ1v) is 8.58. The molecule has 1 fully saturated rings. The second kappa shape index (κ2) is 8.29. The molecule has 0 saturated carbocycles. The van der Waals surface area contributed by atoms with Gasteiger partial charge in [-0.15, -0.1) is 0 Å². The highest BCUT2D eigenvalue weighted by atomic mass is 19.1. The summed E-state index contributed by atoms with van der Waals surface area (Å²) < 4.78 is 13.0. The van der Waals surface area contributed by atoms with E-state index in [0.717, 1.165) is 31.9 Å². The number of nitrogens with one attached hydrogen (secondary N) is 2. The highest BCUT2D eigenvalue weighted by Crippen LogP contribution is 2.16. The summed E-state index contributed by atoms with van der Waals surface area (Å²) in [6, 6.07) is 6.53. The Labute approximate surface area is 148 Å². The van der Waals surface area contributed by atoms with Gasteiger partial charge in [0.05, 0.1) is 0 Å². The number of halogens is 1. The SMILES string of the molecule is CC(C)(C)NC(=O)C(=O)NCCN1CCN(c2ccc(F)cc2)CC1. The summed E-state index contributed by atoms with van der Waals surface area (Å²) in [5.41, 5.74) is 0.596. The molecule has 2 N–H and O–H groups in total. The van der Waals surface area contributed by atoms with Crippen LogP contribution in [-0.2, 0) is 9.59 Å². The van der Waals surface area contributed by atoms with E-state index in [0.29, 0.717) is 13.1 Å². The summed E-state index contributed by atoms with van der Waals surface area (Å²) >= 11 is 0. The van der Waals surface area contributed by atoms with E-state index in [-0.39, 0.29) is 5.82 Å². The monoisotopic (exact) mass is 350 g/mol. The Morgan fingerprint density at radius 3 is 2.20 bits per heavy atom. The topological polar surface area (TPSA) is 64.7 Å². The van der Waals surface area contributed by atoms with Gasteiger partial charge < -0.3 is 15.5 Å². The molecule has 138 valence electrons. The first-order valence-electron chi connectivity index (χ1n) is 8.58. The van der Waals surface area contributed by atoms with E-state index in [4.69, 9.17) is 0 Å². The lowest BCUT2D eigenvalue weighted by molar-refractivity contribution is -0.140. The second-order valence-electron chi connectivity index (χ2n) is 7.27. The van der Waals surface area contributed by atoms with Crippen molar-refractivity contribution in [2.45, 2.75) is 26.3 Å². The molecule has 1 saturated heterocycles. The Morgan fingerprint density at radius 2 is 1.64 bits per heavy atom. The van der Waals surface area contributed by atoms with Gasteiger partial charge in [-0.2, -0.15) is 0 Å². The molecular formula is C18H27FN4O2. The van der Waals surface area contributed by atoms with Crippen molar-refractivity contribution in [3.05, 3.63) is 30.1 Å². The van der Waals surface area contributed by atoms with E-state index >= 15 is 0 Å². The Kier molecular flexibility index (Phi) is 6.36. The molecule has 0 radical (unpaired) electrons. The van der Waals surface area contributed by atoms with Crippen molar-refractivity contribution in [3.8, 4) is 0 Å². The summed E-state index contributed by atoms with van der Waals surface area (Å²) in [6.45, 7) is 10.1. The third-order valence-corrected chi connectivity index (χ3v) is 3.97. The molecule has 25 heavy (non-hydrogen) atoms. The molecule has 2 rings (SSSR count). The zero-order chi connectivity index (χ0) is 18.4. The Hall–Kier alpha value is -2.15. The maximum Gasteiger partial charge on any atom is 0.309 e. The molecule has 0 spiro atoms. The molecule has 1 aliphatic heterocycles. The molecule has 6 nitrogen and oxygen atoms in total. The average Bonchev–Trinajstić information content (AvgIpc) is 2.54. The fraction of sp³-hybridized carbons (Fsp3) is 0.556. The van der Waals surface area contributed by atoms with Gasteiger partial charge in [0.1, 0.15) is 5.82 Å². The molecule has 1 aromatic rings. The highest BCUT2D eigenvalue weighted by molar-refractivity contribution is 6.35. The zero-order valence-corrected chi connectivity index (χ0v) is 15.1. The van der Waals surface area contributed by atoms with Crippen LogP contribution in [0.25, 0.3) is 0 Å². The minimum absolute atomic E-state index is 0.228. The van der Waals surface area contributed by atoms with Crippen LogP contribution in [0.2, 0.25) is 0 Å². The number of nitrogens with zero attached hydrogens (tertiary/aromatic N) is 2. The fourth-order valence-electron chi connectivity index (χ4n) is 2.69. The van der Waals surface area contributed by atoms with Crippen LogP contribution >= 0.6 is 0 Å². The van der Waals surface area contributed by atoms with Crippen molar-refractivity contribution in [2.24, 2.45) is 0 Å². The van der Waals surface area contributed by atoms with Gasteiger partial charge in [-0.1, -0.05) is 0 Å². The molecule has 0 aromatic heterocycles. The van der Waals surface area contributed by atoms with Crippen LogP contribution in [0.4, 0.5) is 10.1 Å². The van der Waals surface area contributed by atoms with Gasteiger partial charge in [-0.3, -0.25) is 14.5 Å². The van der Waals surface area contributed by atoms with E-state index in [1.54, 1.807) is 12.1 Å². The molecule has 7 heteroatoms. The van der Waals surface area contributed by atoms with E-state index in [1.165, 1.54) is 12.1 Å².